The SMILES string of the molecule is CC[C@H](C)[C@@H](NC(=O)COC(=O)COc1cccc(Cl)c1)C(=O)OC. The number of rotatable bonds is 9. The Morgan fingerprint density at radius 1 is 1.24 bits per heavy atom. The Balaban J connectivity index is 2.41. The van der Waals surface area contributed by atoms with Crippen LogP contribution in [0.2, 0.25) is 5.02 Å². The summed E-state index contributed by atoms with van der Waals surface area (Å²) in [5.74, 6) is -1.55. The minimum atomic E-state index is -0.788. The Morgan fingerprint density at radius 3 is 2.56 bits per heavy atom. The van der Waals surface area contributed by atoms with Crippen molar-refractivity contribution in [3.8, 4) is 5.75 Å². The van der Waals surface area contributed by atoms with Crippen LogP contribution >= 0.6 is 11.6 Å². The van der Waals surface area contributed by atoms with Gasteiger partial charge in [-0.15, -0.1) is 0 Å². The van der Waals surface area contributed by atoms with Gasteiger partial charge in [0.25, 0.3) is 5.91 Å². The zero-order chi connectivity index (χ0) is 18.8. The van der Waals surface area contributed by atoms with Crippen molar-refractivity contribution < 1.29 is 28.6 Å². The van der Waals surface area contributed by atoms with E-state index in [-0.39, 0.29) is 12.5 Å². The third-order valence-electron chi connectivity index (χ3n) is 3.50. The van der Waals surface area contributed by atoms with Gasteiger partial charge in [-0.05, 0) is 24.1 Å². The van der Waals surface area contributed by atoms with Gasteiger partial charge in [-0.3, -0.25) is 4.79 Å². The van der Waals surface area contributed by atoms with Crippen molar-refractivity contribution in [2.24, 2.45) is 5.92 Å². The molecular weight excluding hydrogens is 350 g/mol. The van der Waals surface area contributed by atoms with Gasteiger partial charge in [0.1, 0.15) is 11.8 Å². The quantitative estimate of drug-likeness (QED) is 0.667. The highest BCUT2D eigenvalue weighted by Gasteiger charge is 2.26. The number of amides is 1. The molecule has 0 bridgehead atoms. The molecule has 0 aliphatic heterocycles. The van der Waals surface area contributed by atoms with Crippen LogP contribution in [0, 0.1) is 5.92 Å². The Labute approximate surface area is 151 Å². The van der Waals surface area contributed by atoms with Crippen LogP contribution < -0.4 is 10.1 Å². The van der Waals surface area contributed by atoms with E-state index in [1.54, 1.807) is 24.3 Å². The van der Waals surface area contributed by atoms with Crippen LogP contribution in [0.15, 0.2) is 24.3 Å². The van der Waals surface area contributed by atoms with Crippen LogP contribution in [0.3, 0.4) is 0 Å². The van der Waals surface area contributed by atoms with Crippen molar-refractivity contribution in [3.05, 3.63) is 29.3 Å². The summed E-state index contributed by atoms with van der Waals surface area (Å²) in [6.45, 7) is 2.83. The summed E-state index contributed by atoms with van der Waals surface area (Å²) in [4.78, 5) is 35.2. The number of methoxy groups -OCH3 is 1. The molecule has 0 fully saturated rings. The lowest BCUT2D eigenvalue weighted by atomic mass is 9.99. The molecule has 1 aromatic rings. The molecule has 2 atom stereocenters. The molecule has 0 saturated heterocycles. The van der Waals surface area contributed by atoms with Crippen molar-refractivity contribution in [1.29, 1.82) is 0 Å². The molecule has 0 aromatic heterocycles. The van der Waals surface area contributed by atoms with Crippen LogP contribution in [0.4, 0.5) is 0 Å². The molecule has 1 rings (SSSR count). The summed E-state index contributed by atoms with van der Waals surface area (Å²) >= 11 is 5.80. The lowest BCUT2D eigenvalue weighted by Gasteiger charge is -2.21. The van der Waals surface area contributed by atoms with Gasteiger partial charge in [0.2, 0.25) is 0 Å². The first kappa shape index (κ1) is 20.8. The Kier molecular flexibility index (Phi) is 8.77. The minimum Gasteiger partial charge on any atom is -0.482 e. The van der Waals surface area contributed by atoms with Crippen molar-refractivity contribution in [2.45, 2.75) is 26.3 Å². The van der Waals surface area contributed by atoms with Gasteiger partial charge in [0, 0.05) is 5.02 Å². The first-order valence-corrected chi connectivity index (χ1v) is 8.16. The summed E-state index contributed by atoms with van der Waals surface area (Å²) in [7, 11) is 1.25. The lowest BCUT2D eigenvalue weighted by Crippen LogP contribution is -2.47. The maximum absolute atomic E-state index is 11.9. The third-order valence-corrected chi connectivity index (χ3v) is 3.74. The fourth-order valence-corrected chi connectivity index (χ4v) is 2.08. The zero-order valence-electron chi connectivity index (χ0n) is 14.4. The molecule has 1 aromatic carbocycles. The predicted octanol–water partition coefficient (Wildman–Crippen LogP) is 1.97. The summed E-state index contributed by atoms with van der Waals surface area (Å²) in [5, 5.41) is 2.98. The van der Waals surface area contributed by atoms with Crippen LogP contribution in [-0.2, 0) is 23.9 Å². The fraction of sp³-hybridized carbons (Fsp3) is 0.471. The number of carbonyl (C=O) groups excluding carboxylic acids is 3. The molecule has 0 unspecified atom stereocenters. The maximum atomic E-state index is 11.9. The van der Waals surface area contributed by atoms with Gasteiger partial charge in [-0.1, -0.05) is 37.9 Å². The molecule has 0 spiro atoms. The van der Waals surface area contributed by atoms with Crippen molar-refractivity contribution in [3.63, 3.8) is 0 Å². The van der Waals surface area contributed by atoms with Crippen LogP contribution in [0.25, 0.3) is 0 Å². The first-order valence-electron chi connectivity index (χ1n) is 7.78. The first-order chi connectivity index (χ1) is 11.9. The van der Waals surface area contributed by atoms with E-state index in [0.717, 1.165) is 0 Å². The Bertz CT molecular complexity index is 607. The van der Waals surface area contributed by atoms with Crippen molar-refractivity contribution in [1.82, 2.24) is 5.32 Å². The molecule has 1 amide bonds. The summed E-state index contributed by atoms with van der Waals surface area (Å²) in [5.41, 5.74) is 0. The van der Waals surface area contributed by atoms with Gasteiger partial charge in [0.05, 0.1) is 7.11 Å². The molecule has 1 N–H and O–H groups in total. The van der Waals surface area contributed by atoms with Crippen molar-refractivity contribution >= 4 is 29.4 Å². The van der Waals surface area contributed by atoms with E-state index in [1.165, 1.54) is 7.11 Å². The van der Waals surface area contributed by atoms with E-state index in [4.69, 9.17) is 21.1 Å². The second-order valence-electron chi connectivity index (χ2n) is 5.36. The summed E-state index contributed by atoms with van der Waals surface area (Å²) < 4.78 is 14.7. The smallest absolute Gasteiger partial charge is 0.344 e. The topological polar surface area (TPSA) is 90.9 Å². The van der Waals surface area contributed by atoms with Crippen LogP contribution in [0.1, 0.15) is 20.3 Å². The summed E-state index contributed by atoms with van der Waals surface area (Å²) in [6, 6.07) is 5.75. The highest BCUT2D eigenvalue weighted by atomic mass is 35.5. The van der Waals surface area contributed by atoms with E-state index >= 15 is 0 Å². The van der Waals surface area contributed by atoms with E-state index in [0.29, 0.717) is 17.2 Å². The molecule has 0 aliphatic rings. The molecule has 0 radical (unpaired) electrons. The molecular formula is C17H22ClNO6. The molecule has 0 heterocycles. The number of ether oxygens (including phenoxy) is 3. The van der Waals surface area contributed by atoms with Crippen LogP contribution in [-0.4, -0.2) is 44.2 Å². The van der Waals surface area contributed by atoms with Crippen LogP contribution in [0.5, 0.6) is 5.75 Å². The molecule has 0 saturated carbocycles. The van der Waals surface area contributed by atoms with Crippen molar-refractivity contribution in [2.75, 3.05) is 20.3 Å². The molecule has 0 aliphatic carbocycles. The number of benzene rings is 1. The Hall–Kier alpha value is -2.28. The average molecular weight is 372 g/mol. The van der Waals surface area contributed by atoms with E-state index in [2.05, 4.69) is 10.1 Å². The number of hydrogen-bond donors (Lipinski definition) is 1. The Morgan fingerprint density at radius 2 is 1.96 bits per heavy atom. The molecule has 138 valence electrons. The van der Waals surface area contributed by atoms with Gasteiger partial charge in [-0.2, -0.15) is 0 Å². The normalized spacial score (nSPS) is 12.6. The molecule has 25 heavy (non-hydrogen) atoms. The second-order valence-corrected chi connectivity index (χ2v) is 5.80. The lowest BCUT2D eigenvalue weighted by molar-refractivity contribution is -0.152. The number of nitrogens with one attached hydrogen (secondary N) is 1. The fourth-order valence-electron chi connectivity index (χ4n) is 1.90. The van der Waals surface area contributed by atoms with E-state index < -0.39 is 30.5 Å². The van der Waals surface area contributed by atoms with Gasteiger partial charge in [-0.25, -0.2) is 9.59 Å². The highest BCUT2D eigenvalue weighted by molar-refractivity contribution is 6.30. The number of esters is 2. The van der Waals surface area contributed by atoms with Gasteiger partial charge in [0.15, 0.2) is 13.2 Å². The monoisotopic (exact) mass is 371 g/mol. The van der Waals surface area contributed by atoms with E-state index in [9.17, 15) is 14.4 Å². The summed E-state index contributed by atoms with van der Waals surface area (Å²) in [6.07, 6.45) is 0.674. The molecule has 7 nitrogen and oxygen atoms in total. The number of carbonyl (C=O) groups is 3. The highest BCUT2D eigenvalue weighted by Crippen LogP contribution is 2.16. The second kappa shape index (κ2) is 10.6. The van der Waals surface area contributed by atoms with E-state index in [1.807, 2.05) is 13.8 Å². The molecule has 8 heteroatoms. The third kappa shape index (κ3) is 7.43. The largest absolute Gasteiger partial charge is 0.482 e. The minimum absolute atomic E-state index is 0.113. The zero-order valence-corrected chi connectivity index (χ0v) is 15.2. The average Bonchev–Trinajstić information content (AvgIpc) is 2.61. The standard InChI is InChI=1S/C17H22ClNO6/c1-4-11(2)16(17(22)23-3)19-14(20)9-25-15(21)10-24-13-7-5-6-12(18)8-13/h5-8,11,16H,4,9-10H2,1-3H3,(H,19,20)/t11-,16+/m0/s1. The van der Waals surface area contributed by atoms with Gasteiger partial charge >= 0.3 is 11.9 Å². The number of hydrogen-bond acceptors (Lipinski definition) is 6. The maximum Gasteiger partial charge on any atom is 0.344 e. The predicted molar refractivity (Wildman–Crippen MR) is 91.3 cm³/mol. The van der Waals surface area contributed by atoms with Gasteiger partial charge < -0.3 is 19.5 Å². The number of halogens is 1.